The molecule has 0 unspecified atom stereocenters. The Kier molecular flexibility index (Phi) is 35.4. The molecule has 56 heavy (non-hydrogen) atoms. The minimum Gasteiger partial charge on any atom is -0.478 e. The van der Waals surface area contributed by atoms with E-state index in [2.05, 4.69) is 24.5 Å². The Hall–Kier alpha value is -3.02. The zero-order chi connectivity index (χ0) is 40.6. The van der Waals surface area contributed by atoms with Crippen molar-refractivity contribution in [2.45, 2.75) is 219 Å². The number of anilines is 2. The molecule has 2 aromatic carbocycles. The Morgan fingerprint density at radius 3 is 0.804 bits per heavy atom. The van der Waals surface area contributed by atoms with Gasteiger partial charge in [-0.3, -0.25) is 0 Å². The average molecular weight is 779 g/mol. The predicted molar refractivity (Wildman–Crippen MR) is 243 cm³/mol. The fraction of sp³-hybridized carbons (Fsp3) is 0.720. The number of hydrogen-bond acceptors (Lipinski definition) is 4. The van der Waals surface area contributed by atoms with E-state index in [1.807, 2.05) is 24.3 Å². The summed E-state index contributed by atoms with van der Waals surface area (Å²) in [6.07, 6.45) is 43.8. The smallest absolute Gasteiger partial charge is 0.337 e. The minimum absolute atomic E-state index is 0.360. The van der Waals surface area contributed by atoms with Gasteiger partial charge in [0, 0.05) is 24.5 Å². The monoisotopic (exact) mass is 779 g/mol. The molecule has 0 aliphatic rings. The maximum absolute atomic E-state index is 11.2. The summed E-state index contributed by atoms with van der Waals surface area (Å²) in [6.45, 7) is 6.26. The molecule has 0 saturated heterocycles. The summed E-state index contributed by atoms with van der Waals surface area (Å²) in [5.41, 5.74) is 2.19. The van der Waals surface area contributed by atoms with Crippen LogP contribution in [0.2, 0.25) is 0 Å². The molecule has 0 bridgehead atoms. The lowest BCUT2D eigenvalue weighted by molar-refractivity contribution is 0.0687. The maximum Gasteiger partial charge on any atom is 0.337 e. The largest absolute Gasteiger partial charge is 0.478 e. The SMILES string of the molecule is CCCCCCCCCCCCCCCCCCNc1ccccc1C(=O)O.CCCCCCCCCCCCCCCCCCNc1ccccc1C(=O)O. The number of carbonyl (C=O) groups is 2. The highest BCUT2D eigenvalue weighted by Crippen LogP contribution is 2.18. The van der Waals surface area contributed by atoms with Gasteiger partial charge in [0.2, 0.25) is 0 Å². The Morgan fingerprint density at radius 1 is 0.357 bits per heavy atom. The van der Waals surface area contributed by atoms with Gasteiger partial charge < -0.3 is 20.8 Å². The Balaban J connectivity index is 0.000000560. The highest BCUT2D eigenvalue weighted by atomic mass is 16.4. The summed E-state index contributed by atoms with van der Waals surface area (Å²) in [6, 6.07) is 14.3. The molecule has 0 atom stereocenters. The first-order chi connectivity index (χ1) is 27.5. The van der Waals surface area contributed by atoms with E-state index in [-0.39, 0.29) is 0 Å². The van der Waals surface area contributed by atoms with Crippen LogP contribution in [-0.4, -0.2) is 35.2 Å². The molecule has 0 amide bonds. The van der Waals surface area contributed by atoms with E-state index in [1.54, 1.807) is 24.3 Å². The number of hydrogen-bond donors (Lipinski definition) is 4. The topological polar surface area (TPSA) is 98.7 Å². The zero-order valence-electron chi connectivity index (χ0n) is 36.4. The maximum atomic E-state index is 11.2. The van der Waals surface area contributed by atoms with Crippen LogP contribution < -0.4 is 10.6 Å². The second kappa shape index (κ2) is 38.8. The first-order valence-electron chi connectivity index (χ1n) is 23.6. The molecule has 0 aromatic heterocycles. The van der Waals surface area contributed by atoms with Gasteiger partial charge in [-0.05, 0) is 37.1 Å². The Bertz CT molecular complexity index is 1090. The van der Waals surface area contributed by atoms with Gasteiger partial charge in [0.1, 0.15) is 0 Å². The second-order valence-electron chi connectivity index (χ2n) is 16.2. The van der Waals surface area contributed by atoms with E-state index in [0.29, 0.717) is 11.1 Å². The Labute approximate surface area is 344 Å². The number of aromatic carboxylic acids is 2. The summed E-state index contributed by atoms with van der Waals surface area (Å²) in [5, 5.41) is 24.9. The standard InChI is InChI=1S/2C25H43NO2/c2*1-2-3-4-5-6-7-8-9-10-11-12-13-14-15-16-19-22-26-24-21-18-17-20-23(24)25(27)28/h2*17-18,20-21,26H,2-16,19,22H2,1H3,(H,27,28). The van der Waals surface area contributed by atoms with Crippen LogP contribution in [0.5, 0.6) is 0 Å². The summed E-state index contributed by atoms with van der Waals surface area (Å²) in [4.78, 5) is 22.3. The van der Waals surface area contributed by atoms with Crippen molar-refractivity contribution in [2.75, 3.05) is 23.7 Å². The van der Waals surface area contributed by atoms with Crippen LogP contribution in [0.3, 0.4) is 0 Å². The van der Waals surface area contributed by atoms with Gasteiger partial charge in [-0.25, -0.2) is 9.59 Å². The number of unbranched alkanes of at least 4 members (excludes halogenated alkanes) is 30. The number of para-hydroxylation sites is 2. The van der Waals surface area contributed by atoms with Gasteiger partial charge in [-0.2, -0.15) is 0 Å². The van der Waals surface area contributed by atoms with Crippen LogP contribution in [0.15, 0.2) is 48.5 Å². The van der Waals surface area contributed by atoms with Gasteiger partial charge in [-0.15, -0.1) is 0 Å². The highest BCUT2D eigenvalue weighted by molar-refractivity contribution is 5.94. The quantitative estimate of drug-likeness (QED) is 0.0507. The molecule has 2 rings (SSSR count). The van der Waals surface area contributed by atoms with Gasteiger partial charge in [0.25, 0.3) is 0 Å². The molecular formula is C50H86N2O4. The van der Waals surface area contributed by atoms with E-state index < -0.39 is 11.9 Å². The summed E-state index contributed by atoms with van der Waals surface area (Å²) < 4.78 is 0. The third kappa shape index (κ3) is 30.2. The lowest BCUT2D eigenvalue weighted by atomic mass is 10.0. The van der Waals surface area contributed by atoms with Crippen molar-refractivity contribution in [3.05, 3.63) is 59.7 Å². The molecule has 0 fully saturated rings. The molecule has 0 saturated carbocycles. The van der Waals surface area contributed by atoms with Crippen LogP contribution in [0.1, 0.15) is 240 Å². The molecule has 0 radical (unpaired) electrons. The number of carboxylic acids is 2. The van der Waals surface area contributed by atoms with Gasteiger partial charge in [-0.1, -0.05) is 231 Å². The fourth-order valence-electron chi connectivity index (χ4n) is 7.44. The summed E-state index contributed by atoms with van der Waals surface area (Å²) in [7, 11) is 0. The van der Waals surface area contributed by atoms with E-state index in [1.165, 1.54) is 193 Å². The Morgan fingerprint density at radius 2 is 0.571 bits per heavy atom. The molecule has 6 heteroatoms. The minimum atomic E-state index is -0.866. The number of carboxylic acid groups (broad SMARTS) is 2. The molecule has 6 nitrogen and oxygen atoms in total. The predicted octanol–water partition coefficient (Wildman–Crippen LogP) is 16.1. The van der Waals surface area contributed by atoms with Gasteiger partial charge in [0.15, 0.2) is 0 Å². The molecule has 0 aliphatic heterocycles. The number of rotatable bonds is 38. The molecule has 0 heterocycles. The molecule has 0 aliphatic carbocycles. The van der Waals surface area contributed by atoms with E-state index >= 15 is 0 Å². The van der Waals surface area contributed by atoms with Crippen LogP contribution in [0, 0.1) is 0 Å². The van der Waals surface area contributed by atoms with Crippen LogP contribution in [0.25, 0.3) is 0 Å². The first kappa shape index (κ1) is 51.0. The first-order valence-corrected chi connectivity index (χ1v) is 23.6. The van der Waals surface area contributed by atoms with Crippen molar-refractivity contribution in [2.24, 2.45) is 0 Å². The third-order valence-corrected chi connectivity index (χ3v) is 11.0. The van der Waals surface area contributed by atoms with Crippen molar-refractivity contribution < 1.29 is 19.8 Å². The molecule has 320 valence electrons. The molecule has 0 spiro atoms. The molecule has 2 aromatic rings. The third-order valence-electron chi connectivity index (χ3n) is 11.0. The van der Waals surface area contributed by atoms with Crippen molar-refractivity contribution in [1.82, 2.24) is 0 Å². The summed E-state index contributed by atoms with van der Waals surface area (Å²) >= 11 is 0. The lowest BCUT2D eigenvalue weighted by Gasteiger charge is -2.09. The van der Waals surface area contributed by atoms with E-state index in [0.717, 1.165) is 37.3 Å². The van der Waals surface area contributed by atoms with Crippen molar-refractivity contribution >= 4 is 23.3 Å². The van der Waals surface area contributed by atoms with Crippen molar-refractivity contribution in [3.63, 3.8) is 0 Å². The van der Waals surface area contributed by atoms with Gasteiger partial charge in [0.05, 0.1) is 11.1 Å². The molecule has 4 N–H and O–H groups in total. The van der Waals surface area contributed by atoms with E-state index in [4.69, 9.17) is 10.2 Å². The lowest BCUT2D eigenvalue weighted by Crippen LogP contribution is -2.07. The number of nitrogens with one attached hydrogen (secondary N) is 2. The van der Waals surface area contributed by atoms with Gasteiger partial charge >= 0.3 is 11.9 Å². The second-order valence-corrected chi connectivity index (χ2v) is 16.2. The zero-order valence-corrected chi connectivity index (χ0v) is 36.4. The molecular weight excluding hydrogens is 693 g/mol. The van der Waals surface area contributed by atoms with Crippen molar-refractivity contribution in [1.29, 1.82) is 0 Å². The number of benzene rings is 2. The average Bonchev–Trinajstić information content (AvgIpc) is 3.20. The van der Waals surface area contributed by atoms with Crippen LogP contribution in [0.4, 0.5) is 11.4 Å². The van der Waals surface area contributed by atoms with Crippen LogP contribution >= 0.6 is 0 Å². The summed E-state index contributed by atoms with van der Waals surface area (Å²) in [5.74, 6) is -1.73. The van der Waals surface area contributed by atoms with Crippen LogP contribution in [-0.2, 0) is 0 Å². The normalized spacial score (nSPS) is 10.9. The van der Waals surface area contributed by atoms with Crippen molar-refractivity contribution in [3.8, 4) is 0 Å². The fourth-order valence-corrected chi connectivity index (χ4v) is 7.44. The highest BCUT2D eigenvalue weighted by Gasteiger charge is 2.09. The van der Waals surface area contributed by atoms with E-state index in [9.17, 15) is 9.59 Å².